The lowest BCUT2D eigenvalue weighted by Crippen LogP contribution is -2.44. The minimum Gasteiger partial charge on any atom is -0.353 e. The first-order chi connectivity index (χ1) is 11.4. The van der Waals surface area contributed by atoms with Crippen molar-refractivity contribution in [2.24, 2.45) is 23.7 Å². The highest BCUT2D eigenvalue weighted by atomic mass is 35.5. The van der Waals surface area contributed by atoms with E-state index in [-0.39, 0.29) is 61.0 Å². The van der Waals surface area contributed by atoms with Gasteiger partial charge in [-0.25, -0.2) is 8.78 Å². The van der Waals surface area contributed by atoms with Crippen LogP contribution in [-0.2, 0) is 14.4 Å². The molecule has 0 radical (unpaired) electrons. The topological polar surface area (TPSA) is 78.5 Å². The molecule has 0 spiro atoms. The van der Waals surface area contributed by atoms with E-state index in [2.05, 4.69) is 10.6 Å². The number of nitrogens with zero attached hydrogens (tertiary/aromatic N) is 1. The summed E-state index contributed by atoms with van der Waals surface area (Å²) < 4.78 is 26.2. The molecule has 138 valence electrons. The van der Waals surface area contributed by atoms with Gasteiger partial charge >= 0.3 is 0 Å². The molecule has 9 heteroatoms. The summed E-state index contributed by atoms with van der Waals surface area (Å²) in [6.07, 6.45) is 4.39. The number of carbonyl (C=O) groups is 3. The number of rotatable bonds is 4. The third-order valence-electron chi connectivity index (χ3n) is 5.62. The molecule has 3 fully saturated rings. The van der Waals surface area contributed by atoms with Crippen molar-refractivity contribution in [3.63, 3.8) is 0 Å². The van der Waals surface area contributed by atoms with Crippen LogP contribution in [0.1, 0.15) is 12.8 Å². The lowest BCUT2D eigenvalue weighted by Gasteiger charge is -2.18. The van der Waals surface area contributed by atoms with Crippen molar-refractivity contribution in [2.45, 2.75) is 24.8 Å². The summed E-state index contributed by atoms with van der Waals surface area (Å²) in [4.78, 5) is 38.0. The number of fused-ring (bicyclic) bond motifs is 5. The molecule has 6 nitrogen and oxygen atoms in total. The van der Waals surface area contributed by atoms with Crippen LogP contribution < -0.4 is 10.6 Å². The highest BCUT2D eigenvalue weighted by molar-refractivity contribution is 6.06. The molecule has 2 heterocycles. The van der Waals surface area contributed by atoms with Crippen molar-refractivity contribution in [2.75, 3.05) is 19.6 Å². The molecular weight excluding hydrogens is 356 g/mol. The summed E-state index contributed by atoms with van der Waals surface area (Å²) in [7, 11) is 0. The Bertz CT molecular complexity index is 612. The van der Waals surface area contributed by atoms with E-state index in [4.69, 9.17) is 0 Å². The molecule has 0 aromatic carbocycles. The number of likely N-dealkylation sites (tertiary alicyclic amines) is 1. The van der Waals surface area contributed by atoms with E-state index in [0.29, 0.717) is 0 Å². The quantitative estimate of drug-likeness (QED) is 0.548. The Morgan fingerprint density at radius 2 is 1.84 bits per heavy atom. The summed E-state index contributed by atoms with van der Waals surface area (Å²) in [6, 6.07) is -0.926. The fourth-order valence-corrected chi connectivity index (χ4v) is 4.50. The second kappa shape index (κ2) is 6.32. The monoisotopic (exact) mass is 375 g/mol. The second-order valence-corrected chi connectivity index (χ2v) is 7.11. The van der Waals surface area contributed by atoms with Crippen LogP contribution in [0.25, 0.3) is 0 Å². The van der Waals surface area contributed by atoms with Gasteiger partial charge in [0.25, 0.3) is 5.92 Å². The molecule has 2 bridgehead atoms. The first-order valence-electron chi connectivity index (χ1n) is 8.30. The van der Waals surface area contributed by atoms with Crippen LogP contribution in [0.15, 0.2) is 12.2 Å². The summed E-state index contributed by atoms with van der Waals surface area (Å²) >= 11 is 0. The van der Waals surface area contributed by atoms with Crippen LogP contribution in [0.5, 0.6) is 0 Å². The van der Waals surface area contributed by atoms with Crippen LogP contribution in [0.2, 0.25) is 0 Å². The summed E-state index contributed by atoms with van der Waals surface area (Å²) in [6.45, 7) is -0.325. The summed E-state index contributed by atoms with van der Waals surface area (Å²) in [5, 5.41) is 5.01. The summed E-state index contributed by atoms with van der Waals surface area (Å²) in [5.41, 5.74) is 0. The van der Waals surface area contributed by atoms with E-state index >= 15 is 0 Å². The molecule has 0 aromatic rings. The maximum atomic E-state index is 13.1. The SMILES string of the molecule is Cl.O=C(NCCN1C(=O)C2C3C=CC(C3)C2C1=O)C1CC(F)(F)CN1. The van der Waals surface area contributed by atoms with Crippen LogP contribution >= 0.6 is 12.4 Å². The molecular formula is C16H20ClF2N3O3. The maximum absolute atomic E-state index is 13.1. The molecule has 0 aromatic heterocycles. The molecule has 25 heavy (non-hydrogen) atoms. The Morgan fingerprint density at radius 3 is 2.36 bits per heavy atom. The normalized spacial score (nSPS) is 37.4. The molecule has 2 aliphatic carbocycles. The van der Waals surface area contributed by atoms with Crippen molar-refractivity contribution < 1.29 is 23.2 Å². The number of carbonyl (C=O) groups excluding carboxylic acids is 3. The van der Waals surface area contributed by atoms with Gasteiger partial charge in [0.15, 0.2) is 0 Å². The minimum atomic E-state index is -2.87. The third kappa shape index (κ3) is 2.95. The lowest BCUT2D eigenvalue weighted by atomic mass is 9.85. The Hall–Kier alpha value is -1.54. The van der Waals surface area contributed by atoms with Crippen molar-refractivity contribution in [1.29, 1.82) is 0 Å². The number of imide groups is 1. The van der Waals surface area contributed by atoms with Gasteiger partial charge in [-0.1, -0.05) is 12.2 Å². The van der Waals surface area contributed by atoms with E-state index in [9.17, 15) is 23.2 Å². The number of amides is 3. The average Bonchev–Trinajstić information content (AvgIpc) is 3.26. The molecule has 5 unspecified atom stereocenters. The summed E-state index contributed by atoms with van der Waals surface area (Å²) in [5.74, 6) is -3.91. The predicted octanol–water partition coefficient (Wildman–Crippen LogP) is 0.329. The molecule has 1 saturated carbocycles. The van der Waals surface area contributed by atoms with Gasteiger partial charge in [-0.3, -0.25) is 24.6 Å². The number of nitrogens with one attached hydrogen (secondary N) is 2. The Labute approximate surface area is 149 Å². The van der Waals surface area contributed by atoms with E-state index in [0.717, 1.165) is 6.42 Å². The number of allylic oxidation sites excluding steroid dienone is 2. The Balaban J connectivity index is 0.00000182. The standard InChI is InChI=1S/C16H19F2N3O3.ClH/c17-16(18)6-10(20-7-16)13(22)19-3-4-21-14(23)11-8-1-2-9(5-8)12(11)15(21)24;/h1-2,8-12,20H,3-7H2,(H,19,22);1H. The van der Waals surface area contributed by atoms with Crippen LogP contribution in [0.4, 0.5) is 8.78 Å². The lowest BCUT2D eigenvalue weighted by molar-refractivity contribution is -0.141. The van der Waals surface area contributed by atoms with Crippen molar-refractivity contribution in [3.05, 3.63) is 12.2 Å². The molecule has 3 amide bonds. The first-order valence-corrected chi connectivity index (χ1v) is 8.30. The average molecular weight is 376 g/mol. The largest absolute Gasteiger partial charge is 0.353 e. The highest BCUT2D eigenvalue weighted by Gasteiger charge is 2.59. The molecule has 5 atom stereocenters. The van der Waals surface area contributed by atoms with Gasteiger partial charge < -0.3 is 5.32 Å². The highest BCUT2D eigenvalue weighted by Crippen LogP contribution is 2.52. The first kappa shape index (κ1) is 18.3. The smallest absolute Gasteiger partial charge is 0.262 e. The van der Waals surface area contributed by atoms with E-state index in [1.165, 1.54) is 4.90 Å². The van der Waals surface area contributed by atoms with Gasteiger partial charge in [-0.2, -0.15) is 0 Å². The number of alkyl halides is 2. The fourth-order valence-electron chi connectivity index (χ4n) is 4.50. The van der Waals surface area contributed by atoms with Gasteiger partial charge in [0.05, 0.1) is 24.4 Å². The van der Waals surface area contributed by atoms with Gasteiger partial charge in [-0.15, -0.1) is 12.4 Å². The van der Waals surface area contributed by atoms with Gasteiger partial charge in [0.1, 0.15) is 0 Å². The van der Waals surface area contributed by atoms with Crippen molar-refractivity contribution in [1.82, 2.24) is 15.5 Å². The number of hydrogen-bond donors (Lipinski definition) is 2. The van der Waals surface area contributed by atoms with E-state index in [1.54, 1.807) is 0 Å². The zero-order valence-electron chi connectivity index (χ0n) is 13.4. The minimum absolute atomic E-state index is 0. The zero-order chi connectivity index (χ0) is 17.1. The second-order valence-electron chi connectivity index (χ2n) is 7.11. The molecule has 2 N–H and O–H groups in total. The fraction of sp³-hybridized carbons (Fsp3) is 0.688. The number of halogens is 3. The van der Waals surface area contributed by atoms with Crippen molar-refractivity contribution in [3.8, 4) is 0 Å². The van der Waals surface area contributed by atoms with Crippen LogP contribution in [-0.4, -0.2) is 54.2 Å². The van der Waals surface area contributed by atoms with Crippen molar-refractivity contribution >= 4 is 30.1 Å². The van der Waals surface area contributed by atoms with E-state index < -0.39 is 30.8 Å². The van der Waals surface area contributed by atoms with Crippen LogP contribution in [0.3, 0.4) is 0 Å². The zero-order valence-corrected chi connectivity index (χ0v) is 14.2. The third-order valence-corrected chi connectivity index (χ3v) is 5.62. The van der Waals surface area contributed by atoms with Gasteiger partial charge in [0.2, 0.25) is 17.7 Å². The Morgan fingerprint density at radius 1 is 1.24 bits per heavy atom. The Kier molecular flexibility index (Phi) is 4.61. The van der Waals surface area contributed by atoms with Gasteiger partial charge in [-0.05, 0) is 18.3 Å². The molecule has 2 aliphatic heterocycles. The maximum Gasteiger partial charge on any atom is 0.262 e. The number of hydrogen-bond acceptors (Lipinski definition) is 4. The predicted molar refractivity (Wildman–Crippen MR) is 86.0 cm³/mol. The molecule has 4 aliphatic rings. The van der Waals surface area contributed by atoms with Crippen LogP contribution in [0, 0.1) is 23.7 Å². The van der Waals surface area contributed by atoms with E-state index in [1.807, 2.05) is 12.2 Å². The molecule has 2 saturated heterocycles. The molecule has 4 rings (SSSR count). The van der Waals surface area contributed by atoms with Gasteiger partial charge in [0, 0.05) is 19.5 Å².